The number of carbonyl (C=O) groups is 1. The standard InChI is InChI=1S/C23H23N3O4/c1-15(28-18-5-3-2-4-6-18)23(27)26-13-20(14-26)29-19-11-9-16(10-12-19)21-24-22(30-25-21)17-7-8-17/h2-6,9-12,15,17,20H,7-8,13-14H2,1H3. The second-order valence-corrected chi connectivity index (χ2v) is 7.81. The molecular weight excluding hydrogens is 382 g/mol. The zero-order valence-corrected chi connectivity index (χ0v) is 16.7. The van der Waals surface area contributed by atoms with Crippen molar-refractivity contribution < 1.29 is 18.8 Å². The van der Waals surface area contributed by atoms with Gasteiger partial charge in [-0.15, -0.1) is 0 Å². The molecule has 1 atom stereocenters. The summed E-state index contributed by atoms with van der Waals surface area (Å²) in [5, 5.41) is 4.06. The van der Waals surface area contributed by atoms with Crippen LogP contribution in [-0.2, 0) is 4.79 Å². The molecule has 0 spiro atoms. The lowest BCUT2D eigenvalue weighted by Crippen LogP contribution is -2.58. The lowest BCUT2D eigenvalue weighted by molar-refractivity contribution is -0.146. The summed E-state index contributed by atoms with van der Waals surface area (Å²) in [6.45, 7) is 2.88. The summed E-state index contributed by atoms with van der Waals surface area (Å²) in [7, 11) is 0. The van der Waals surface area contributed by atoms with E-state index in [1.54, 1.807) is 11.8 Å². The normalized spacial score (nSPS) is 17.3. The molecule has 3 aromatic rings. The van der Waals surface area contributed by atoms with Crippen molar-refractivity contribution in [2.24, 2.45) is 0 Å². The van der Waals surface area contributed by atoms with Gasteiger partial charge in [0.1, 0.15) is 17.6 Å². The summed E-state index contributed by atoms with van der Waals surface area (Å²) in [5.41, 5.74) is 0.898. The first-order valence-electron chi connectivity index (χ1n) is 10.3. The Hall–Kier alpha value is -3.35. The molecular formula is C23H23N3O4. The number of hydrogen-bond acceptors (Lipinski definition) is 6. The first-order valence-corrected chi connectivity index (χ1v) is 10.3. The number of amides is 1. The minimum atomic E-state index is -0.525. The maximum absolute atomic E-state index is 12.5. The fraction of sp³-hybridized carbons (Fsp3) is 0.348. The first-order chi connectivity index (χ1) is 14.7. The molecule has 2 aliphatic rings. The molecule has 1 unspecified atom stereocenters. The van der Waals surface area contributed by atoms with Gasteiger partial charge >= 0.3 is 0 Å². The number of benzene rings is 2. The molecule has 154 valence electrons. The van der Waals surface area contributed by atoms with Crippen LogP contribution in [0.15, 0.2) is 59.1 Å². The third kappa shape index (κ3) is 4.01. The van der Waals surface area contributed by atoms with E-state index < -0.39 is 6.10 Å². The van der Waals surface area contributed by atoms with Gasteiger partial charge in [0.25, 0.3) is 5.91 Å². The Kier molecular flexibility index (Phi) is 4.86. The van der Waals surface area contributed by atoms with Gasteiger partial charge < -0.3 is 18.9 Å². The molecule has 7 heteroatoms. The third-order valence-electron chi connectivity index (χ3n) is 5.35. The minimum Gasteiger partial charge on any atom is -0.487 e. The fourth-order valence-electron chi connectivity index (χ4n) is 3.43. The molecule has 2 aromatic carbocycles. The second-order valence-electron chi connectivity index (χ2n) is 7.81. The van der Waals surface area contributed by atoms with Crippen molar-refractivity contribution in [3.8, 4) is 22.9 Å². The first kappa shape index (κ1) is 18.7. The Morgan fingerprint density at radius 1 is 1.07 bits per heavy atom. The van der Waals surface area contributed by atoms with Crippen LogP contribution in [0.4, 0.5) is 0 Å². The molecule has 1 aromatic heterocycles. The van der Waals surface area contributed by atoms with E-state index >= 15 is 0 Å². The number of aromatic nitrogens is 2. The van der Waals surface area contributed by atoms with Crippen LogP contribution in [0.25, 0.3) is 11.4 Å². The molecule has 1 amide bonds. The highest BCUT2D eigenvalue weighted by Crippen LogP contribution is 2.39. The number of para-hydroxylation sites is 1. The van der Waals surface area contributed by atoms with Crippen LogP contribution in [0, 0.1) is 0 Å². The highest BCUT2D eigenvalue weighted by molar-refractivity contribution is 5.81. The van der Waals surface area contributed by atoms with Crippen molar-refractivity contribution in [1.82, 2.24) is 15.0 Å². The van der Waals surface area contributed by atoms with Crippen molar-refractivity contribution in [2.75, 3.05) is 13.1 Å². The van der Waals surface area contributed by atoms with Gasteiger partial charge in [0.15, 0.2) is 6.10 Å². The highest BCUT2D eigenvalue weighted by atomic mass is 16.5. The molecule has 2 heterocycles. The summed E-state index contributed by atoms with van der Waals surface area (Å²) < 4.78 is 17.0. The maximum atomic E-state index is 12.5. The van der Waals surface area contributed by atoms with Crippen molar-refractivity contribution in [3.63, 3.8) is 0 Å². The van der Waals surface area contributed by atoms with Crippen LogP contribution in [-0.4, -0.2) is 46.2 Å². The van der Waals surface area contributed by atoms with Crippen LogP contribution in [0.3, 0.4) is 0 Å². The van der Waals surface area contributed by atoms with Crippen LogP contribution < -0.4 is 9.47 Å². The van der Waals surface area contributed by atoms with Gasteiger partial charge in [0, 0.05) is 11.5 Å². The zero-order chi connectivity index (χ0) is 20.5. The van der Waals surface area contributed by atoms with Gasteiger partial charge in [-0.3, -0.25) is 4.79 Å². The van der Waals surface area contributed by atoms with E-state index in [0.29, 0.717) is 30.6 Å². The molecule has 1 saturated heterocycles. The number of likely N-dealkylation sites (tertiary alicyclic amines) is 1. The number of rotatable bonds is 7. The summed E-state index contributed by atoms with van der Waals surface area (Å²) in [6, 6.07) is 17.0. The quantitative estimate of drug-likeness (QED) is 0.597. The number of nitrogens with zero attached hydrogens (tertiary/aromatic N) is 3. The predicted octanol–water partition coefficient (Wildman–Crippen LogP) is 3.67. The Labute approximate surface area is 174 Å². The highest BCUT2D eigenvalue weighted by Gasteiger charge is 2.35. The molecule has 0 bridgehead atoms. The lowest BCUT2D eigenvalue weighted by Gasteiger charge is -2.40. The SMILES string of the molecule is CC(Oc1ccccc1)C(=O)N1CC(Oc2ccc(-c3noc(C4CC4)n3)cc2)C1. The molecule has 1 aliphatic heterocycles. The largest absolute Gasteiger partial charge is 0.487 e. The fourth-order valence-corrected chi connectivity index (χ4v) is 3.43. The van der Waals surface area contributed by atoms with E-state index in [1.807, 2.05) is 54.6 Å². The Morgan fingerprint density at radius 2 is 1.80 bits per heavy atom. The topological polar surface area (TPSA) is 77.7 Å². The van der Waals surface area contributed by atoms with Gasteiger partial charge in [-0.05, 0) is 56.2 Å². The van der Waals surface area contributed by atoms with E-state index in [2.05, 4.69) is 10.1 Å². The molecule has 0 N–H and O–H groups in total. The molecule has 0 radical (unpaired) electrons. The lowest BCUT2D eigenvalue weighted by atomic mass is 10.1. The monoisotopic (exact) mass is 405 g/mol. The summed E-state index contributed by atoms with van der Waals surface area (Å²) in [5.74, 6) is 3.20. The molecule has 2 fully saturated rings. The van der Waals surface area contributed by atoms with Crippen LogP contribution in [0.5, 0.6) is 11.5 Å². The second kappa shape index (κ2) is 7.82. The van der Waals surface area contributed by atoms with E-state index in [-0.39, 0.29) is 12.0 Å². The number of carbonyl (C=O) groups excluding carboxylic acids is 1. The summed E-state index contributed by atoms with van der Waals surface area (Å²) >= 11 is 0. The van der Waals surface area contributed by atoms with Gasteiger partial charge in [-0.25, -0.2) is 0 Å². The van der Waals surface area contributed by atoms with Crippen molar-refractivity contribution >= 4 is 5.91 Å². The zero-order valence-electron chi connectivity index (χ0n) is 16.7. The molecule has 5 rings (SSSR count). The van der Waals surface area contributed by atoms with Gasteiger partial charge in [-0.2, -0.15) is 4.98 Å². The molecule has 7 nitrogen and oxygen atoms in total. The van der Waals surface area contributed by atoms with Gasteiger partial charge in [0.2, 0.25) is 11.7 Å². The maximum Gasteiger partial charge on any atom is 0.263 e. The third-order valence-corrected chi connectivity index (χ3v) is 5.35. The molecule has 1 aliphatic carbocycles. The van der Waals surface area contributed by atoms with Crippen molar-refractivity contribution in [1.29, 1.82) is 0 Å². The summed E-state index contributed by atoms with van der Waals surface area (Å²) in [6.07, 6.45) is 1.72. The van der Waals surface area contributed by atoms with Crippen molar-refractivity contribution in [3.05, 3.63) is 60.5 Å². The van der Waals surface area contributed by atoms with Gasteiger partial charge in [-0.1, -0.05) is 23.4 Å². The average molecular weight is 405 g/mol. The Bertz CT molecular complexity index is 1010. The predicted molar refractivity (Wildman–Crippen MR) is 109 cm³/mol. The minimum absolute atomic E-state index is 0.0182. The Balaban J connectivity index is 1.11. The Morgan fingerprint density at radius 3 is 2.50 bits per heavy atom. The molecule has 1 saturated carbocycles. The van der Waals surface area contributed by atoms with E-state index in [9.17, 15) is 4.79 Å². The smallest absolute Gasteiger partial charge is 0.263 e. The van der Waals surface area contributed by atoms with Crippen molar-refractivity contribution in [2.45, 2.75) is 37.9 Å². The van der Waals surface area contributed by atoms with E-state index in [0.717, 1.165) is 30.0 Å². The summed E-state index contributed by atoms with van der Waals surface area (Å²) in [4.78, 5) is 18.7. The van der Waals surface area contributed by atoms with Crippen LogP contribution in [0.2, 0.25) is 0 Å². The molecule has 30 heavy (non-hydrogen) atoms. The van der Waals surface area contributed by atoms with Gasteiger partial charge in [0.05, 0.1) is 13.1 Å². The van der Waals surface area contributed by atoms with E-state index in [4.69, 9.17) is 14.0 Å². The average Bonchev–Trinajstić information content (AvgIpc) is 3.48. The van der Waals surface area contributed by atoms with Crippen LogP contribution >= 0.6 is 0 Å². The number of hydrogen-bond donors (Lipinski definition) is 0. The van der Waals surface area contributed by atoms with Crippen LogP contribution in [0.1, 0.15) is 31.6 Å². The number of ether oxygens (including phenoxy) is 2. The van der Waals surface area contributed by atoms with E-state index in [1.165, 1.54) is 0 Å².